The number of hydrogen-bond acceptors (Lipinski definition) is 4. The fourth-order valence-corrected chi connectivity index (χ4v) is 2.75. The van der Waals surface area contributed by atoms with Crippen LogP contribution in [0.4, 0.5) is 0 Å². The molecule has 0 saturated heterocycles. The van der Waals surface area contributed by atoms with Crippen molar-refractivity contribution < 1.29 is 9.90 Å². The number of carbonyl (C=O) groups is 1. The summed E-state index contributed by atoms with van der Waals surface area (Å²) in [6, 6.07) is 17.4. The van der Waals surface area contributed by atoms with E-state index in [1.165, 1.54) is 10.8 Å². The third kappa shape index (κ3) is 3.45. The summed E-state index contributed by atoms with van der Waals surface area (Å²) in [5, 5.41) is 33.6. The van der Waals surface area contributed by atoms with Gasteiger partial charge in [-0.3, -0.25) is 9.48 Å². The first kappa shape index (κ1) is 16.9. The van der Waals surface area contributed by atoms with E-state index in [0.29, 0.717) is 11.3 Å². The van der Waals surface area contributed by atoms with Gasteiger partial charge >= 0.3 is 5.97 Å². The number of carboxylic acids is 1. The molecule has 0 aliphatic rings. The largest absolute Gasteiger partial charge is 0.481 e. The summed E-state index contributed by atoms with van der Waals surface area (Å²) in [5.74, 6) is -0.918. The van der Waals surface area contributed by atoms with Gasteiger partial charge in [0.25, 0.3) is 0 Å². The van der Waals surface area contributed by atoms with E-state index in [4.69, 9.17) is 15.6 Å². The molecule has 0 saturated carbocycles. The van der Waals surface area contributed by atoms with Crippen molar-refractivity contribution >= 4 is 22.8 Å². The molecule has 0 unspecified atom stereocenters. The van der Waals surface area contributed by atoms with Crippen LogP contribution < -0.4 is 0 Å². The molecule has 0 spiro atoms. The van der Waals surface area contributed by atoms with E-state index in [2.05, 4.69) is 5.10 Å². The lowest BCUT2D eigenvalue weighted by Crippen LogP contribution is -2.04. The zero-order valence-electron chi connectivity index (χ0n) is 13.8. The summed E-state index contributed by atoms with van der Waals surface area (Å²) in [4.78, 5) is 10.8. The number of aromatic nitrogens is 2. The summed E-state index contributed by atoms with van der Waals surface area (Å²) in [7, 11) is 0. The van der Waals surface area contributed by atoms with Gasteiger partial charge < -0.3 is 5.11 Å². The Kier molecular flexibility index (Phi) is 4.78. The molecule has 0 amide bonds. The summed E-state index contributed by atoms with van der Waals surface area (Å²) >= 11 is 0. The van der Waals surface area contributed by atoms with Crippen molar-refractivity contribution in [1.29, 1.82) is 10.5 Å². The molecule has 0 radical (unpaired) electrons. The molecule has 0 bridgehead atoms. The molecule has 0 aliphatic heterocycles. The van der Waals surface area contributed by atoms with Gasteiger partial charge in [-0.1, -0.05) is 42.5 Å². The van der Waals surface area contributed by atoms with E-state index < -0.39 is 5.97 Å². The lowest BCUT2D eigenvalue weighted by Gasteiger charge is -2.05. The zero-order valence-corrected chi connectivity index (χ0v) is 13.8. The van der Waals surface area contributed by atoms with Gasteiger partial charge in [-0.2, -0.15) is 15.6 Å². The van der Waals surface area contributed by atoms with Gasteiger partial charge in [0.2, 0.25) is 0 Å². The fraction of sp³-hybridized carbons (Fsp3) is 0.100. The second-order valence-corrected chi connectivity index (χ2v) is 5.65. The number of fused-ring (bicyclic) bond motifs is 1. The number of benzene rings is 2. The average Bonchev–Trinajstić information content (AvgIpc) is 3.06. The van der Waals surface area contributed by atoms with Crippen LogP contribution in [0.25, 0.3) is 28.1 Å². The second kappa shape index (κ2) is 7.33. The van der Waals surface area contributed by atoms with Crippen LogP contribution in [-0.2, 0) is 11.3 Å². The van der Waals surface area contributed by atoms with Gasteiger partial charge in [0, 0.05) is 17.3 Å². The summed E-state index contributed by atoms with van der Waals surface area (Å²) in [6.45, 7) is 0.204. The molecule has 26 heavy (non-hydrogen) atoms. The standard InChI is InChI=1S/C20H14N4O2/c21-11-14(12-22)10-16-13-24(9-8-19(25)26)23-20(16)18-7-3-5-15-4-1-2-6-17(15)18/h1-7,10,13H,8-9H2,(H,25,26). The normalized spacial score (nSPS) is 10.1. The SMILES string of the molecule is N#CC(C#N)=Cc1cn(CCC(=O)O)nc1-c1cccc2ccccc12. The average molecular weight is 342 g/mol. The minimum absolute atomic E-state index is 0.0377. The quantitative estimate of drug-likeness (QED) is 0.714. The molecule has 6 heteroatoms. The van der Waals surface area contributed by atoms with Crippen molar-refractivity contribution in [3.8, 4) is 23.4 Å². The van der Waals surface area contributed by atoms with E-state index in [1.807, 2.05) is 54.6 Å². The summed E-state index contributed by atoms with van der Waals surface area (Å²) in [5.41, 5.74) is 2.03. The highest BCUT2D eigenvalue weighted by Gasteiger charge is 2.14. The molecule has 1 heterocycles. The topological polar surface area (TPSA) is 103 Å². The Morgan fingerprint density at radius 1 is 1.15 bits per heavy atom. The summed E-state index contributed by atoms with van der Waals surface area (Å²) in [6.07, 6.45) is 3.07. The number of carboxylic acid groups (broad SMARTS) is 1. The number of nitriles is 2. The van der Waals surface area contributed by atoms with E-state index in [-0.39, 0.29) is 18.5 Å². The molecule has 2 aromatic carbocycles. The van der Waals surface area contributed by atoms with Crippen LogP contribution in [0.3, 0.4) is 0 Å². The number of rotatable bonds is 5. The molecule has 0 fully saturated rings. The molecular weight excluding hydrogens is 328 g/mol. The lowest BCUT2D eigenvalue weighted by atomic mass is 9.99. The number of aliphatic carboxylic acids is 1. The predicted octanol–water partition coefficient (Wildman–Crippen LogP) is 3.61. The third-order valence-electron chi connectivity index (χ3n) is 3.93. The fourth-order valence-electron chi connectivity index (χ4n) is 2.75. The monoisotopic (exact) mass is 342 g/mol. The van der Waals surface area contributed by atoms with Crippen LogP contribution >= 0.6 is 0 Å². The van der Waals surface area contributed by atoms with Crippen molar-refractivity contribution in [3.05, 3.63) is 59.8 Å². The van der Waals surface area contributed by atoms with Crippen molar-refractivity contribution in [2.24, 2.45) is 0 Å². The second-order valence-electron chi connectivity index (χ2n) is 5.65. The Morgan fingerprint density at radius 2 is 1.88 bits per heavy atom. The zero-order chi connectivity index (χ0) is 18.5. The number of aryl methyl sites for hydroxylation is 1. The first-order valence-corrected chi connectivity index (χ1v) is 7.91. The van der Waals surface area contributed by atoms with Crippen molar-refractivity contribution in [1.82, 2.24) is 9.78 Å². The Labute approximate surface area is 149 Å². The highest BCUT2D eigenvalue weighted by molar-refractivity contribution is 5.97. The van der Waals surface area contributed by atoms with E-state index in [1.54, 1.807) is 6.20 Å². The van der Waals surface area contributed by atoms with Gasteiger partial charge in [0.15, 0.2) is 0 Å². The Hall–Kier alpha value is -3.90. The van der Waals surface area contributed by atoms with Gasteiger partial charge in [0.05, 0.1) is 13.0 Å². The minimum atomic E-state index is -0.918. The first-order chi connectivity index (χ1) is 12.6. The molecule has 6 nitrogen and oxygen atoms in total. The maximum absolute atomic E-state index is 10.8. The minimum Gasteiger partial charge on any atom is -0.481 e. The van der Waals surface area contributed by atoms with Crippen LogP contribution in [-0.4, -0.2) is 20.9 Å². The molecule has 3 rings (SSSR count). The van der Waals surface area contributed by atoms with Gasteiger partial charge in [-0.15, -0.1) is 0 Å². The van der Waals surface area contributed by atoms with Crippen LogP contribution in [0.15, 0.2) is 54.2 Å². The van der Waals surface area contributed by atoms with Crippen LogP contribution in [0.2, 0.25) is 0 Å². The Bertz CT molecular complexity index is 1080. The molecule has 3 aromatic rings. The van der Waals surface area contributed by atoms with E-state index in [9.17, 15) is 4.79 Å². The van der Waals surface area contributed by atoms with Gasteiger partial charge in [0.1, 0.15) is 23.4 Å². The molecule has 1 aromatic heterocycles. The summed E-state index contributed by atoms with van der Waals surface area (Å²) < 4.78 is 1.53. The van der Waals surface area contributed by atoms with Crippen LogP contribution in [0.5, 0.6) is 0 Å². The number of allylic oxidation sites excluding steroid dienone is 1. The Balaban J connectivity index is 2.18. The smallest absolute Gasteiger partial charge is 0.305 e. The Morgan fingerprint density at radius 3 is 2.62 bits per heavy atom. The highest BCUT2D eigenvalue weighted by atomic mass is 16.4. The predicted molar refractivity (Wildman–Crippen MR) is 96.6 cm³/mol. The lowest BCUT2D eigenvalue weighted by molar-refractivity contribution is -0.137. The maximum atomic E-state index is 10.8. The maximum Gasteiger partial charge on any atom is 0.305 e. The van der Waals surface area contributed by atoms with Crippen molar-refractivity contribution in [2.45, 2.75) is 13.0 Å². The van der Waals surface area contributed by atoms with Crippen molar-refractivity contribution in [3.63, 3.8) is 0 Å². The van der Waals surface area contributed by atoms with E-state index >= 15 is 0 Å². The number of hydrogen-bond donors (Lipinski definition) is 1. The molecule has 0 aliphatic carbocycles. The molecule has 1 N–H and O–H groups in total. The van der Waals surface area contributed by atoms with Crippen molar-refractivity contribution in [2.75, 3.05) is 0 Å². The number of nitrogens with zero attached hydrogens (tertiary/aromatic N) is 4. The third-order valence-corrected chi connectivity index (χ3v) is 3.93. The van der Waals surface area contributed by atoms with Crippen LogP contribution in [0, 0.1) is 22.7 Å². The molecule has 126 valence electrons. The van der Waals surface area contributed by atoms with Gasteiger partial charge in [-0.25, -0.2) is 0 Å². The van der Waals surface area contributed by atoms with Crippen LogP contribution in [0.1, 0.15) is 12.0 Å². The highest BCUT2D eigenvalue weighted by Crippen LogP contribution is 2.31. The van der Waals surface area contributed by atoms with Gasteiger partial charge in [-0.05, 0) is 16.8 Å². The molecular formula is C20H14N4O2. The van der Waals surface area contributed by atoms with E-state index in [0.717, 1.165) is 16.3 Å². The first-order valence-electron chi connectivity index (χ1n) is 7.91. The molecule has 0 atom stereocenters.